The van der Waals surface area contributed by atoms with E-state index in [1.54, 1.807) is 0 Å². The second-order valence-electron chi connectivity index (χ2n) is 7.59. The van der Waals surface area contributed by atoms with Gasteiger partial charge in [0.1, 0.15) is 5.69 Å². The molecule has 1 N–H and O–H groups in total. The topological polar surface area (TPSA) is 58.1 Å². The summed E-state index contributed by atoms with van der Waals surface area (Å²) >= 11 is 0. The molecule has 2 aliphatic rings. The number of benzene rings is 1. The third-order valence-corrected chi connectivity index (χ3v) is 5.82. The van der Waals surface area contributed by atoms with Crippen molar-refractivity contribution < 1.29 is 4.79 Å². The highest BCUT2D eigenvalue weighted by Crippen LogP contribution is 2.40. The molecule has 1 aliphatic carbocycles. The molecule has 0 spiro atoms. The number of hydrogen-bond acceptors (Lipinski definition) is 2. The van der Waals surface area contributed by atoms with E-state index >= 15 is 0 Å². The maximum Gasteiger partial charge on any atom is 0.272 e. The number of H-pyrrole nitrogens is 1. The number of nitrogens with one attached hydrogen (secondary N) is 1. The summed E-state index contributed by atoms with van der Waals surface area (Å²) in [5.74, 6) is 0.587. The zero-order chi connectivity index (χ0) is 17.6. The van der Waals surface area contributed by atoms with Crippen molar-refractivity contribution >= 4 is 5.91 Å². The van der Waals surface area contributed by atoms with Crippen molar-refractivity contribution in [1.82, 2.24) is 14.7 Å². The summed E-state index contributed by atoms with van der Waals surface area (Å²) in [6.45, 7) is 4.14. The van der Waals surface area contributed by atoms with E-state index in [1.165, 1.54) is 30.0 Å². The number of aromatic nitrogens is 2. The molecule has 2 aromatic rings. The molecule has 2 heterocycles. The Balaban J connectivity index is 1.64. The number of nitrogens with zero attached hydrogens (tertiary/aromatic N) is 2. The number of fused-ring (bicyclic) bond motifs is 1. The molecule has 1 aliphatic heterocycles. The summed E-state index contributed by atoms with van der Waals surface area (Å²) in [6.07, 6.45) is 5.86. The first-order chi connectivity index (χ1) is 12.0. The van der Waals surface area contributed by atoms with Gasteiger partial charge in [-0.1, -0.05) is 30.5 Å². The minimum Gasteiger partial charge on any atom is -0.331 e. The summed E-state index contributed by atoms with van der Waals surface area (Å²) < 4.78 is 1.45. The maximum absolute atomic E-state index is 13.1. The van der Waals surface area contributed by atoms with Gasteiger partial charge in [0.15, 0.2) is 0 Å². The normalized spacial score (nSPS) is 25.8. The SMILES string of the molecule is Cc1ccc(-n2[nH]c(C(=O)N3[C@H](C)C[C@H]4CCCC[C@H]43)cc2=O)cc1. The molecule has 1 aromatic carbocycles. The van der Waals surface area contributed by atoms with Crippen molar-refractivity contribution in [2.45, 2.75) is 58.0 Å². The molecule has 0 unspecified atom stereocenters. The van der Waals surface area contributed by atoms with Gasteiger partial charge in [0.2, 0.25) is 0 Å². The van der Waals surface area contributed by atoms with Gasteiger partial charge in [-0.15, -0.1) is 0 Å². The van der Waals surface area contributed by atoms with Crippen molar-refractivity contribution in [2.75, 3.05) is 0 Å². The highest BCUT2D eigenvalue weighted by Gasteiger charge is 2.43. The molecule has 1 saturated carbocycles. The lowest BCUT2D eigenvalue weighted by molar-refractivity contribution is 0.0627. The Hall–Kier alpha value is -2.30. The van der Waals surface area contributed by atoms with Gasteiger partial charge in [0, 0.05) is 18.2 Å². The van der Waals surface area contributed by atoms with Crippen LogP contribution in [0.15, 0.2) is 35.1 Å². The second-order valence-corrected chi connectivity index (χ2v) is 7.59. The van der Waals surface area contributed by atoms with Crippen LogP contribution in [0.1, 0.15) is 55.1 Å². The van der Waals surface area contributed by atoms with Gasteiger partial charge in [0.05, 0.1) is 5.69 Å². The predicted molar refractivity (Wildman–Crippen MR) is 97.1 cm³/mol. The van der Waals surface area contributed by atoms with Crippen LogP contribution >= 0.6 is 0 Å². The van der Waals surface area contributed by atoms with Gasteiger partial charge in [-0.2, -0.15) is 0 Å². The molecular formula is C20H25N3O2. The number of hydrogen-bond donors (Lipinski definition) is 1. The zero-order valence-electron chi connectivity index (χ0n) is 14.9. The van der Waals surface area contributed by atoms with Crippen LogP contribution in [0.25, 0.3) is 5.69 Å². The monoisotopic (exact) mass is 339 g/mol. The fourth-order valence-corrected chi connectivity index (χ4v) is 4.59. The Morgan fingerprint density at radius 1 is 1.16 bits per heavy atom. The van der Waals surface area contributed by atoms with Crippen LogP contribution in [-0.2, 0) is 0 Å². The molecule has 25 heavy (non-hydrogen) atoms. The van der Waals surface area contributed by atoms with E-state index < -0.39 is 0 Å². The van der Waals surface area contributed by atoms with E-state index in [2.05, 4.69) is 12.0 Å². The molecule has 132 valence electrons. The summed E-state index contributed by atoms with van der Waals surface area (Å²) in [4.78, 5) is 27.5. The Labute approximate surface area is 147 Å². The summed E-state index contributed by atoms with van der Waals surface area (Å²) in [6, 6.07) is 9.70. The Kier molecular flexibility index (Phi) is 4.02. The first-order valence-electron chi connectivity index (χ1n) is 9.26. The summed E-state index contributed by atoms with van der Waals surface area (Å²) in [7, 11) is 0. The highest BCUT2D eigenvalue weighted by atomic mass is 16.2. The number of aromatic amines is 1. The Bertz CT molecular complexity index is 833. The summed E-state index contributed by atoms with van der Waals surface area (Å²) in [5.41, 5.74) is 2.08. The minimum atomic E-state index is -0.195. The van der Waals surface area contributed by atoms with Crippen LogP contribution in [0, 0.1) is 12.8 Å². The number of carbonyl (C=O) groups is 1. The fourth-order valence-electron chi connectivity index (χ4n) is 4.59. The summed E-state index contributed by atoms with van der Waals surface area (Å²) in [5, 5.41) is 3.02. The molecule has 3 atom stereocenters. The van der Waals surface area contributed by atoms with Crippen LogP contribution in [0.5, 0.6) is 0 Å². The lowest BCUT2D eigenvalue weighted by Crippen LogP contribution is -2.42. The number of aryl methyl sites for hydroxylation is 1. The van der Waals surface area contributed by atoms with E-state index in [9.17, 15) is 9.59 Å². The molecule has 5 nitrogen and oxygen atoms in total. The van der Waals surface area contributed by atoms with Crippen LogP contribution in [0.2, 0.25) is 0 Å². The van der Waals surface area contributed by atoms with Gasteiger partial charge in [0.25, 0.3) is 11.5 Å². The molecular weight excluding hydrogens is 314 g/mol. The van der Waals surface area contributed by atoms with E-state index in [4.69, 9.17) is 0 Å². The molecule has 0 bridgehead atoms. The molecule has 5 heteroatoms. The highest BCUT2D eigenvalue weighted by molar-refractivity contribution is 5.93. The largest absolute Gasteiger partial charge is 0.331 e. The van der Waals surface area contributed by atoms with Crippen molar-refractivity contribution in [1.29, 1.82) is 0 Å². The maximum atomic E-state index is 13.1. The molecule has 1 amide bonds. The zero-order valence-corrected chi connectivity index (χ0v) is 14.9. The number of likely N-dealkylation sites (tertiary alicyclic amines) is 1. The quantitative estimate of drug-likeness (QED) is 0.913. The average Bonchev–Trinajstić information content (AvgIpc) is 3.14. The van der Waals surface area contributed by atoms with Gasteiger partial charge < -0.3 is 4.90 Å². The third-order valence-electron chi connectivity index (χ3n) is 5.82. The van der Waals surface area contributed by atoms with E-state index in [0.29, 0.717) is 17.7 Å². The standard InChI is InChI=1S/C20H25N3O2/c1-13-7-9-16(10-8-13)23-19(24)12-17(21-23)20(25)22-14(2)11-15-5-3-4-6-18(15)22/h7-10,12,14-15,18,21H,3-6,11H2,1-2H3/t14-,15-,18-/m1/s1. The van der Waals surface area contributed by atoms with Gasteiger partial charge in [-0.05, 0) is 51.2 Å². The third kappa shape index (κ3) is 2.81. The van der Waals surface area contributed by atoms with Crippen LogP contribution in [0.3, 0.4) is 0 Å². The molecule has 1 saturated heterocycles. The second kappa shape index (κ2) is 6.21. The smallest absolute Gasteiger partial charge is 0.272 e. The van der Waals surface area contributed by atoms with Crippen molar-refractivity contribution in [3.8, 4) is 5.69 Å². The number of amides is 1. The van der Waals surface area contributed by atoms with Crippen molar-refractivity contribution in [3.05, 3.63) is 51.9 Å². The van der Waals surface area contributed by atoms with Crippen LogP contribution < -0.4 is 5.56 Å². The van der Waals surface area contributed by atoms with Crippen LogP contribution in [-0.4, -0.2) is 32.7 Å². The van der Waals surface area contributed by atoms with Crippen molar-refractivity contribution in [3.63, 3.8) is 0 Å². The Morgan fingerprint density at radius 2 is 1.88 bits per heavy atom. The Morgan fingerprint density at radius 3 is 2.64 bits per heavy atom. The van der Waals surface area contributed by atoms with E-state index in [-0.39, 0.29) is 17.5 Å². The first-order valence-corrected chi connectivity index (χ1v) is 9.26. The van der Waals surface area contributed by atoms with Gasteiger partial charge in [-0.25, -0.2) is 4.68 Å². The minimum absolute atomic E-state index is 0.0372. The van der Waals surface area contributed by atoms with E-state index in [1.807, 2.05) is 36.1 Å². The van der Waals surface area contributed by atoms with Gasteiger partial charge in [-0.3, -0.25) is 14.7 Å². The molecule has 1 aromatic heterocycles. The number of rotatable bonds is 2. The molecule has 0 radical (unpaired) electrons. The first kappa shape index (κ1) is 16.2. The van der Waals surface area contributed by atoms with Crippen LogP contribution in [0.4, 0.5) is 0 Å². The van der Waals surface area contributed by atoms with E-state index in [0.717, 1.165) is 24.1 Å². The van der Waals surface area contributed by atoms with Crippen molar-refractivity contribution in [2.24, 2.45) is 5.92 Å². The average molecular weight is 339 g/mol. The molecule has 2 fully saturated rings. The predicted octanol–water partition coefficient (Wildman–Crippen LogP) is 3.27. The number of carbonyl (C=O) groups excluding carboxylic acids is 1. The fraction of sp³-hybridized carbons (Fsp3) is 0.500. The van der Waals surface area contributed by atoms with Gasteiger partial charge >= 0.3 is 0 Å². The molecule has 4 rings (SSSR count). The lowest BCUT2D eigenvalue weighted by atomic mass is 9.85. The lowest BCUT2D eigenvalue weighted by Gasteiger charge is -2.32.